The van der Waals surface area contributed by atoms with Crippen molar-refractivity contribution in [2.24, 2.45) is 0 Å². The fourth-order valence-corrected chi connectivity index (χ4v) is 5.82. The van der Waals surface area contributed by atoms with Crippen LogP contribution in [0.25, 0.3) is 12.2 Å². The Kier molecular flexibility index (Phi) is 21.1. The van der Waals surface area contributed by atoms with Crippen molar-refractivity contribution in [3.05, 3.63) is 99.6 Å². The zero-order valence-electron chi connectivity index (χ0n) is 33.3. The number of rotatable bonds is 27. The van der Waals surface area contributed by atoms with Gasteiger partial charge in [0.25, 0.3) is 5.69 Å². The third-order valence-corrected chi connectivity index (χ3v) is 8.94. The van der Waals surface area contributed by atoms with Gasteiger partial charge in [0, 0.05) is 44.5 Å². The minimum Gasteiger partial charge on any atom is -0.434 e. The zero-order valence-corrected chi connectivity index (χ0v) is 33.3. The highest BCUT2D eigenvalue weighted by Crippen LogP contribution is 2.29. The predicted molar refractivity (Wildman–Crippen MR) is 220 cm³/mol. The molecular formula is C43H54N4O12. The maximum absolute atomic E-state index is 13.3. The third-order valence-electron chi connectivity index (χ3n) is 8.94. The van der Waals surface area contributed by atoms with E-state index < -0.39 is 11.1 Å². The topological polar surface area (TPSA) is 194 Å². The van der Waals surface area contributed by atoms with Crippen molar-refractivity contribution in [1.82, 2.24) is 10.6 Å². The van der Waals surface area contributed by atoms with Gasteiger partial charge in [0.2, 0.25) is 17.7 Å². The Morgan fingerprint density at radius 2 is 1.20 bits per heavy atom. The maximum Gasteiger partial charge on any atom is 0.513 e. The molecule has 59 heavy (non-hydrogen) atoms. The molecule has 3 amide bonds. The SMILES string of the molecule is O=C(CCOCCOCCOCCOCCNC(=O)CCC(=O)N1Cc2ccccc2/C=C\c2ccccc21)NCCCCCCOC(=O)Oc1ccc([N+](=O)[O-])cc1. The second kappa shape index (κ2) is 27.1. The normalized spacial score (nSPS) is 12.3. The summed E-state index contributed by atoms with van der Waals surface area (Å²) >= 11 is 0. The molecule has 2 N–H and O–H groups in total. The lowest BCUT2D eigenvalue weighted by atomic mass is 10.0. The number of nitrogens with zero attached hydrogens (tertiary/aromatic N) is 2. The van der Waals surface area contributed by atoms with Crippen LogP contribution < -0.4 is 20.3 Å². The predicted octanol–water partition coefficient (Wildman–Crippen LogP) is 5.86. The smallest absolute Gasteiger partial charge is 0.434 e. The monoisotopic (exact) mass is 818 g/mol. The fourth-order valence-electron chi connectivity index (χ4n) is 5.82. The Bertz CT molecular complexity index is 1800. The molecule has 16 heteroatoms. The van der Waals surface area contributed by atoms with Gasteiger partial charge in [-0.05, 0) is 54.2 Å². The Morgan fingerprint density at radius 1 is 0.610 bits per heavy atom. The van der Waals surface area contributed by atoms with E-state index in [-0.39, 0.29) is 61.6 Å². The van der Waals surface area contributed by atoms with Crippen molar-refractivity contribution in [1.29, 1.82) is 0 Å². The number of hydrogen-bond acceptors (Lipinski definition) is 12. The van der Waals surface area contributed by atoms with Crippen LogP contribution in [0.5, 0.6) is 5.75 Å². The lowest BCUT2D eigenvalue weighted by molar-refractivity contribution is -0.384. The largest absolute Gasteiger partial charge is 0.513 e. The van der Waals surface area contributed by atoms with E-state index in [1.807, 2.05) is 54.6 Å². The van der Waals surface area contributed by atoms with E-state index in [0.29, 0.717) is 72.3 Å². The first kappa shape index (κ1) is 46.0. The van der Waals surface area contributed by atoms with Crippen molar-refractivity contribution in [3.63, 3.8) is 0 Å². The summed E-state index contributed by atoms with van der Waals surface area (Å²) in [6.07, 6.45) is 6.72. The molecule has 0 saturated carbocycles. The van der Waals surface area contributed by atoms with Gasteiger partial charge in [-0.25, -0.2) is 4.79 Å². The van der Waals surface area contributed by atoms with Crippen LogP contribution in [0.1, 0.15) is 61.6 Å². The van der Waals surface area contributed by atoms with E-state index in [1.54, 1.807) is 4.90 Å². The highest BCUT2D eigenvalue weighted by molar-refractivity contribution is 5.98. The first-order valence-electron chi connectivity index (χ1n) is 19.9. The van der Waals surface area contributed by atoms with Crippen molar-refractivity contribution in [2.45, 2.75) is 51.5 Å². The van der Waals surface area contributed by atoms with Crippen molar-refractivity contribution < 1.29 is 52.5 Å². The van der Waals surface area contributed by atoms with Gasteiger partial charge in [-0.3, -0.25) is 24.5 Å². The number of ether oxygens (including phenoxy) is 6. The van der Waals surface area contributed by atoms with Crippen molar-refractivity contribution >= 4 is 47.4 Å². The van der Waals surface area contributed by atoms with Gasteiger partial charge >= 0.3 is 6.16 Å². The summed E-state index contributed by atoms with van der Waals surface area (Å²) in [5, 5.41) is 16.3. The lowest BCUT2D eigenvalue weighted by Gasteiger charge is -2.27. The van der Waals surface area contributed by atoms with Crippen LogP contribution in [0, 0.1) is 10.1 Å². The van der Waals surface area contributed by atoms with Crippen LogP contribution in [0.15, 0.2) is 72.8 Å². The number of hydrogen-bond donors (Lipinski definition) is 2. The molecule has 3 aromatic carbocycles. The fraction of sp³-hybridized carbons (Fsp3) is 0.442. The van der Waals surface area contributed by atoms with E-state index in [4.69, 9.17) is 28.4 Å². The summed E-state index contributed by atoms with van der Waals surface area (Å²) in [6, 6.07) is 20.9. The van der Waals surface area contributed by atoms with E-state index in [2.05, 4.69) is 16.7 Å². The number of fused-ring (bicyclic) bond motifs is 2. The number of nitro groups is 1. The molecule has 1 aliphatic heterocycles. The quantitative estimate of drug-likeness (QED) is 0.0307. The van der Waals surface area contributed by atoms with Gasteiger partial charge in [0.15, 0.2) is 0 Å². The lowest BCUT2D eigenvalue weighted by Crippen LogP contribution is -2.33. The summed E-state index contributed by atoms with van der Waals surface area (Å²) in [4.78, 5) is 61.4. The zero-order chi connectivity index (χ0) is 41.9. The molecule has 0 bridgehead atoms. The Morgan fingerprint density at radius 3 is 1.93 bits per heavy atom. The van der Waals surface area contributed by atoms with Crippen LogP contribution in [0.2, 0.25) is 0 Å². The summed E-state index contributed by atoms with van der Waals surface area (Å²) in [5.41, 5.74) is 3.78. The highest BCUT2D eigenvalue weighted by Gasteiger charge is 2.21. The molecule has 0 unspecified atom stereocenters. The molecule has 0 saturated heterocycles. The molecule has 318 valence electrons. The molecule has 0 radical (unpaired) electrons. The number of carbonyl (C=O) groups is 4. The highest BCUT2D eigenvalue weighted by atomic mass is 16.7. The van der Waals surface area contributed by atoms with E-state index in [1.165, 1.54) is 24.3 Å². The average Bonchev–Trinajstić information content (AvgIpc) is 3.23. The number of benzene rings is 3. The molecule has 16 nitrogen and oxygen atoms in total. The average molecular weight is 819 g/mol. The number of nitrogens with one attached hydrogen (secondary N) is 2. The van der Waals surface area contributed by atoms with E-state index in [9.17, 15) is 29.3 Å². The van der Waals surface area contributed by atoms with Gasteiger partial charge < -0.3 is 44.0 Å². The third kappa shape index (κ3) is 18.2. The molecule has 1 heterocycles. The second-order valence-corrected chi connectivity index (χ2v) is 13.3. The molecule has 0 atom stereocenters. The number of amides is 3. The van der Waals surface area contributed by atoms with Crippen LogP contribution in [0.3, 0.4) is 0 Å². The van der Waals surface area contributed by atoms with Crippen LogP contribution in [-0.4, -0.2) is 101 Å². The van der Waals surface area contributed by atoms with Crippen LogP contribution in [0.4, 0.5) is 16.2 Å². The minimum absolute atomic E-state index is 0.0844. The summed E-state index contributed by atoms with van der Waals surface area (Å²) < 4.78 is 32.0. The molecule has 0 spiro atoms. The molecule has 3 aromatic rings. The summed E-state index contributed by atoms with van der Waals surface area (Å²) in [6.45, 7) is 4.38. The molecule has 0 aromatic heterocycles. The molecule has 0 fully saturated rings. The number of carbonyl (C=O) groups excluding carboxylic acids is 4. The van der Waals surface area contributed by atoms with Crippen molar-refractivity contribution in [2.75, 3.05) is 77.5 Å². The Labute approximate surface area is 344 Å². The molecular weight excluding hydrogens is 764 g/mol. The van der Waals surface area contributed by atoms with Gasteiger partial charge in [0.1, 0.15) is 5.75 Å². The minimum atomic E-state index is -0.871. The number of para-hydroxylation sites is 1. The first-order chi connectivity index (χ1) is 28.8. The van der Waals surface area contributed by atoms with Crippen LogP contribution in [-0.2, 0) is 44.6 Å². The van der Waals surface area contributed by atoms with Gasteiger partial charge in [-0.15, -0.1) is 0 Å². The molecule has 4 rings (SSSR count). The Hall–Kier alpha value is -5.68. The first-order valence-corrected chi connectivity index (χ1v) is 19.9. The number of unbranched alkanes of at least 4 members (excludes halogenated alkanes) is 3. The summed E-state index contributed by atoms with van der Waals surface area (Å²) in [5.74, 6) is -0.252. The number of nitro benzene ring substituents is 1. The van der Waals surface area contributed by atoms with Crippen molar-refractivity contribution in [3.8, 4) is 5.75 Å². The van der Waals surface area contributed by atoms with E-state index >= 15 is 0 Å². The van der Waals surface area contributed by atoms with Gasteiger partial charge in [-0.2, -0.15) is 0 Å². The molecule has 1 aliphatic rings. The standard InChI is InChI=1S/C43H54N4O12/c48-40(19-20-42(50)46-33-36-11-4-3-9-34(36)13-14-35-10-5-6-12-39(35)46)45-23-26-55-28-30-57-32-31-56-29-27-54-25-21-41(49)44-22-7-1-2-8-24-58-43(51)59-38-17-15-37(16-18-38)47(52)53/h3-6,9-18H,1-2,7-8,19-33H2,(H,44,49)(H,45,48)/b14-13-. The summed E-state index contributed by atoms with van der Waals surface area (Å²) in [7, 11) is 0. The maximum atomic E-state index is 13.3. The Balaban J connectivity index is 0.879. The van der Waals surface area contributed by atoms with Gasteiger partial charge in [-0.1, -0.05) is 61.0 Å². The second-order valence-electron chi connectivity index (χ2n) is 13.3. The number of anilines is 1. The van der Waals surface area contributed by atoms with Gasteiger partial charge in [0.05, 0.1) is 76.6 Å². The van der Waals surface area contributed by atoms with E-state index in [0.717, 1.165) is 41.6 Å². The number of non-ortho nitro benzene ring substituents is 1. The van der Waals surface area contributed by atoms with Crippen LogP contribution >= 0.6 is 0 Å². The molecule has 0 aliphatic carbocycles.